The lowest BCUT2D eigenvalue weighted by atomic mass is 9.88. The zero-order valence-corrected chi connectivity index (χ0v) is 24.4. The number of halogens is 4. The normalized spacial score (nSPS) is 20.0. The van der Waals surface area contributed by atoms with Crippen molar-refractivity contribution in [1.29, 1.82) is 0 Å². The SMILES string of the molecule is CC(C)(C)OC(=O)NCc1cccc(-n2nc(C(F)(F)F)cc2C(=O)NC2(n3ccc(=O)[nH]c3=O)C=CC=C(C3CC3)C2F)c1. The van der Waals surface area contributed by atoms with Gasteiger partial charge in [0.25, 0.3) is 11.5 Å². The highest BCUT2D eigenvalue weighted by molar-refractivity contribution is 5.94. The van der Waals surface area contributed by atoms with E-state index in [0.717, 1.165) is 21.5 Å². The van der Waals surface area contributed by atoms with E-state index in [4.69, 9.17) is 4.74 Å². The molecule has 2 aromatic heterocycles. The fourth-order valence-electron chi connectivity index (χ4n) is 4.98. The maximum absolute atomic E-state index is 16.4. The van der Waals surface area contributed by atoms with E-state index < -0.39 is 58.2 Å². The lowest BCUT2D eigenvalue weighted by Gasteiger charge is -2.39. The summed E-state index contributed by atoms with van der Waals surface area (Å²) in [7, 11) is 0. The van der Waals surface area contributed by atoms with E-state index in [0.29, 0.717) is 30.0 Å². The van der Waals surface area contributed by atoms with Gasteiger partial charge in [0, 0.05) is 24.9 Å². The van der Waals surface area contributed by atoms with E-state index in [1.54, 1.807) is 26.8 Å². The Morgan fingerprint density at radius 2 is 1.87 bits per heavy atom. The molecule has 45 heavy (non-hydrogen) atoms. The molecule has 0 radical (unpaired) electrons. The number of nitrogens with zero attached hydrogens (tertiary/aromatic N) is 3. The van der Waals surface area contributed by atoms with E-state index in [1.807, 2.05) is 4.98 Å². The zero-order chi connectivity index (χ0) is 32.7. The summed E-state index contributed by atoms with van der Waals surface area (Å²) < 4.78 is 64.7. The maximum Gasteiger partial charge on any atom is 0.435 e. The van der Waals surface area contributed by atoms with Crippen LogP contribution in [0.4, 0.5) is 22.4 Å². The van der Waals surface area contributed by atoms with Crippen molar-refractivity contribution in [2.24, 2.45) is 5.92 Å². The fourth-order valence-corrected chi connectivity index (χ4v) is 4.98. The zero-order valence-electron chi connectivity index (χ0n) is 24.4. The molecule has 11 nitrogen and oxygen atoms in total. The van der Waals surface area contributed by atoms with E-state index in [9.17, 15) is 32.3 Å². The number of carbonyl (C=O) groups excluding carboxylic acids is 2. The largest absolute Gasteiger partial charge is 0.444 e. The van der Waals surface area contributed by atoms with Crippen LogP contribution in [0.15, 0.2) is 76.0 Å². The summed E-state index contributed by atoms with van der Waals surface area (Å²) in [4.78, 5) is 52.6. The number of aromatic amines is 1. The van der Waals surface area contributed by atoms with Gasteiger partial charge in [-0.15, -0.1) is 0 Å². The third-order valence-electron chi connectivity index (χ3n) is 7.13. The molecule has 15 heteroatoms. The van der Waals surface area contributed by atoms with E-state index in [1.165, 1.54) is 36.4 Å². The Labute approximate surface area is 253 Å². The Hall–Kier alpha value is -4.95. The molecule has 5 rings (SSSR count). The molecule has 0 spiro atoms. The Morgan fingerprint density at radius 3 is 2.51 bits per heavy atom. The number of alkyl carbamates (subject to hydrolysis) is 1. The molecular formula is C30H30F4N6O5. The highest BCUT2D eigenvalue weighted by Gasteiger charge is 2.49. The summed E-state index contributed by atoms with van der Waals surface area (Å²) in [6, 6.07) is 7.38. The number of amides is 2. The van der Waals surface area contributed by atoms with Crippen LogP contribution in [0.1, 0.15) is 55.4 Å². The molecule has 2 atom stereocenters. The molecule has 2 heterocycles. The summed E-state index contributed by atoms with van der Waals surface area (Å²) >= 11 is 0. The lowest BCUT2D eigenvalue weighted by molar-refractivity contribution is -0.141. The monoisotopic (exact) mass is 630 g/mol. The first-order valence-electron chi connectivity index (χ1n) is 14.0. The number of hydrogen-bond acceptors (Lipinski definition) is 6. The molecule has 3 aromatic rings. The van der Waals surface area contributed by atoms with Gasteiger partial charge in [-0.1, -0.05) is 24.3 Å². The topological polar surface area (TPSA) is 140 Å². The van der Waals surface area contributed by atoms with Crippen molar-refractivity contribution in [3.63, 3.8) is 0 Å². The molecule has 2 amide bonds. The van der Waals surface area contributed by atoms with Crippen molar-refractivity contribution in [2.75, 3.05) is 0 Å². The number of hydrogen-bond donors (Lipinski definition) is 3. The van der Waals surface area contributed by atoms with Crippen LogP contribution in [0.5, 0.6) is 0 Å². The molecule has 2 aliphatic carbocycles. The first kappa shape index (κ1) is 31.5. The second kappa shape index (κ2) is 11.5. The number of alkyl halides is 4. The summed E-state index contributed by atoms with van der Waals surface area (Å²) in [6.45, 7) is 5.00. The molecule has 2 aliphatic rings. The van der Waals surface area contributed by atoms with E-state index in [-0.39, 0.29) is 18.2 Å². The van der Waals surface area contributed by atoms with Crippen LogP contribution >= 0.6 is 0 Å². The second-order valence-corrected chi connectivity index (χ2v) is 11.8. The predicted molar refractivity (Wildman–Crippen MR) is 153 cm³/mol. The Balaban J connectivity index is 1.53. The van der Waals surface area contributed by atoms with Gasteiger partial charge < -0.3 is 15.4 Å². The first-order valence-corrected chi connectivity index (χ1v) is 14.0. The van der Waals surface area contributed by atoms with Crippen molar-refractivity contribution in [3.8, 4) is 5.69 Å². The molecule has 2 unspecified atom stereocenters. The van der Waals surface area contributed by atoms with Crippen molar-refractivity contribution < 1.29 is 31.9 Å². The van der Waals surface area contributed by atoms with Crippen molar-refractivity contribution in [3.05, 3.63) is 104 Å². The second-order valence-electron chi connectivity index (χ2n) is 11.8. The van der Waals surface area contributed by atoms with Crippen molar-refractivity contribution in [1.82, 2.24) is 30.0 Å². The molecule has 0 bridgehead atoms. The molecule has 1 fully saturated rings. The molecule has 1 saturated carbocycles. The number of nitrogens with one attached hydrogen (secondary N) is 3. The third kappa shape index (κ3) is 6.76. The van der Waals surface area contributed by atoms with Crippen LogP contribution in [-0.2, 0) is 23.1 Å². The van der Waals surface area contributed by atoms with Gasteiger partial charge in [0.05, 0.1) is 5.69 Å². The Morgan fingerprint density at radius 1 is 1.13 bits per heavy atom. The summed E-state index contributed by atoms with van der Waals surface area (Å²) in [6.07, 6.45) is -1.09. The number of allylic oxidation sites excluding steroid dienone is 2. The highest BCUT2D eigenvalue weighted by Crippen LogP contribution is 2.44. The average Bonchev–Trinajstić information content (AvgIpc) is 3.67. The minimum atomic E-state index is -4.95. The number of benzene rings is 1. The summed E-state index contributed by atoms with van der Waals surface area (Å²) in [5.74, 6) is -1.32. The van der Waals surface area contributed by atoms with Gasteiger partial charge in [0.2, 0.25) is 0 Å². The number of rotatable bonds is 7. The van der Waals surface area contributed by atoms with Gasteiger partial charge in [-0.2, -0.15) is 18.3 Å². The smallest absolute Gasteiger partial charge is 0.435 e. The lowest BCUT2D eigenvalue weighted by Crippen LogP contribution is -2.60. The maximum atomic E-state index is 16.4. The minimum Gasteiger partial charge on any atom is -0.444 e. The molecule has 0 saturated heterocycles. The van der Waals surface area contributed by atoms with Crippen molar-refractivity contribution in [2.45, 2.75) is 63.8 Å². The van der Waals surface area contributed by atoms with Crippen LogP contribution in [-0.4, -0.2) is 43.1 Å². The standard InChI is InChI=1S/C30H30F4N6O5/c1-28(2,3)45-27(44)35-16-17-6-4-7-19(14-17)40-21(15-22(38-40)30(32,33)34)25(42)37-29(39-13-11-23(41)36-26(39)43)12-5-8-20(24(29)31)18-9-10-18/h4-8,11-15,18,24H,9-10,16H2,1-3H3,(H,35,44)(H,37,42)(H,36,41,43). The average molecular weight is 631 g/mol. The van der Waals surface area contributed by atoms with Gasteiger partial charge in [-0.3, -0.25) is 19.1 Å². The number of ether oxygens (including phenoxy) is 1. The molecule has 0 aliphatic heterocycles. The first-order chi connectivity index (χ1) is 21.1. The minimum absolute atomic E-state index is 0.0314. The van der Waals surface area contributed by atoms with Crippen LogP contribution in [0.3, 0.4) is 0 Å². The highest BCUT2D eigenvalue weighted by atomic mass is 19.4. The van der Waals surface area contributed by atoms with Crippen LogP contribution < -0.4 is 21.9 Å². The Kier molecular flexibility index (Phi) is 8.06. The molecular weight excluding hydrogens is 600 g/mol. The third-order valence-corrected chi connectivity index (χ3v) is 7.13. The van der Waals surface area contributed by atoms with E-state index >= 15 is 4.39 Å². The number of carbonyl (C=O) groups is 2. The van der Waals surface area contributed by atoms with Crippen LogP contribution in [0, 0.1) is 5.92 Å². The van der Waals surface area contributed by atoms with Gasteiger partial charge in [-0.25, -0.2) is 18.7 Å². The molecule has 3 N–H and O–H groups in total. The Bertz CT molecular complexity index is 1810. The van der Waals surface area contributed by atoms with Gasteiger partial charge in [0.15, 0.2) is 17.5 Å². The number of aromatic nitrogens is 4. The summed E-state index contributed by atoms with van der Waals surface area (Å²) in [5.41, 5.74) is -6.01. The van der Waals surface area contributed by atoms with Crippen molar-refractivity contribution >= 4 is 12.0 Å². The fraction of sp³-hybridized carbons (Fsp3) is 0.367. The summed E-state index contributed by atoms with van der Waals surface area (Å²) in [5, 5.41) is 8.61. The molecule has 1 aromatic carbocycles. The van der Waals surface area contributed by atoms with Gasteiger partial charge in [0.1, 0.15) is 11.3 Å². The quantitative estimate of drug-likeness (QED) is 0.336. The van der Waals surface area contributed by atoms with Crippen LogP contribution in [0.25, 0.3) is 5.69 Å². The van der Waals surface area contributed by atoms with Crippen LogP contribution in [0.2, 0.25) is 0 Å². The number of H-pyrrole nitrogens is 1. The predicted octanol–water partition coefficient (Wildman–Crippen LogP) is 4.09. The van der Waals surface area contributed by atoms with Gasteiger partial charge in [-0.05, 0) is 68.9 Å². The van der Waals surface area contributed by atoms with E-state index in [2.05, 4.69) is 15.7 Å². The molecule has 238 valence electrons. The van der Waals surface area contributed by atoms with Gasteiger partial charge >= 0.3 is 18.0 Å².